The van der Waals surface area contributed by atoms with Gasteiger partial charge in [-0.05, 0) is 30.2 Å². The second kappa shape index (κ2) is 8.09. The summed E-state index contributed by atoms with van der Waals surface area (Å²) in [6.07, 6.45) is 2.12. The van der Waals surface area contributed by atoms with E-state index in [0.29, 0.717) is 10.9 Å². The molecule has 2 N–H and O–H groups in total. The lowest BCUT2D eigenvalue weighted by Gasteiger charge is -2.16. The highest BCUT2D eigenvalue weighted by Gasteiger charge is 2.23. The van der Waals surface area contributed by atoms with E-state index in [4.69, 9.17) is 0 Å². The van der Waals surface area contributed by atoms with Gasteiger partial charge in [-0.1, -0.05) is 40.8 Å². The number of hydrogen-bond donors (Lipinski definition) is 2. The smallest absolute Gasteiger partial charge is 0.269 e. The van der Waals surface area contributed by atoms with Crippen molar-refractivity contribution in [2.45, 2.75) is 32.6 Å². The third-order valence-electron chi connectivity index (χ3n) is 3.41. The Kier molecular flexibility index (Phi) is 6.14. The third kappa shape index (κ3) is 4.78. The van der Waals surface area contributed by atoms with Crippen LogP contribution in [0.2, 0.25) is 0 Å². The number of halogens is 3. The number of carbonyl (C=O) groups excluding carboxylic acids is 1. The lowest BCUT2D eigenvalue weighted by atomic mass is 9.92. The second-order valence-corrected chi connectivity index (χ2v) is 6.03. The number of nitrogens with zero attached hydrogens (tertiary/aromatic N) is 3. The molecule has 23 heavy (non-hydrogen) atoms. The molecule has 124 valence electrons. The van der Waals surface area contributed by atoms with E-state index < -0.39 is 17.6 Å². The number of rotatable bonds is 7. The fourth-order valence-corrected chi connectivity index (χ4v) is 2.62. The predicted octanol–water partition coefficient (Wildman–Crippen LogP) is 3.23. The molecule has 6 nitrogen and oxygen atoms in total. The molecular weight excluding hydrogens is 372 g/mol. The molecule has 0 bridgehead atoms. The minimum absolute atomic E-state index is 0.0331. The number of amides is 1. The van der Waals surface area contributed by atoms with Gasteiger partial charge >= 0.3 is 0 Å². The minimum Gasteiger partial charge on any atom is -0.292 e. The molecule has 1 amide bonds. The van der Waals surface area contributed by atoms with Crippen LogP contribution in [-0.4, -0.2) is 26.5 Å². The van der Waals surface area contributed by atoms with Crippen LogP contribution in [0.15, 0.2) is 16.6 Å². The third-order valence-corrected chi connectivity index (χ3v) is 3.87. The number of hydrogen-bond acceptors (Lipinski definition) is 4. The second-order valence-electron chi connectivity index (χ2n) is 5.12. The lowest BCUT2D eigenvalue weighted by molar-refractivity contribution is -0.120. The Morgan fingerprint density at radius 1 is 1.39 bits per heavy atom. The Morgan fingerprint density at radius 2 is 2.09 bits per heavy atom. The van der Waals surface area contributed by atoms with E-state index in [2.05, 4.69) is 41.9 Å². The fraction of sp³-hybridized carbons (Fsp3) is 0.429. The highest BCUT2D eigenvalue weighted by Crippen LogP contribution is 2.24. The first-order chi connectivity index (χ1) is 11.0. The number of anilines is 1. The van der Waals surface area contributed by atoms with Crippen LogP contribution in [0.4, 0.5) is 14.7 Å². The summed E-state index contributed by atoms with van der Waals surface area (Å²) in [6.45, 7) is 1.98. The quantitative estimate of drug-likeness (QED) is 0.763. The van der Waals surface area contributed by atoms with Crippen LogP contribution in [0.5, 0.6) is 0 Å². The van der Waals surface area contributed by atoms with Crippen molar-refractivity contribution in [2.75, 3.05) is 5.32 Å². The Morgan fingerprint density at radius 3 is 2.65 bits per heavy atom. The minimum atomic E-state index is -0.675. The largest absolute Gasteiger partial charge is 0.292 e. The van der Waals surface area contributed by atoms with Gasteiger partial charge in [-0.25, -0.2) is 8.78 Å². The first-order valence-electron chi connectivity index (χ1n) is 7.19. The van der Waals surface area contributed by atoms with E-state index in [1.165, 1.54) is 12.1 Å². The Bertz CT molecular complexity index is 642. The number of tetrazole rings is 1. The van der Waals surface area contributed by atoms with E-state index in [9.17, 15) is 13.6 Å². The highest BCUT2D eigenvalue weighted by atomic mass is 79.9. The van der Waals surface area contributed by atoms with Crippen LogP contribution < -0.4 is 5.32 Å². The first-order valence-corrected chi connectivity index (χ1v) is 7.98. The Hall–Kier alpha value is -1.90. The van der Waals surface area contributed by atoms with Crippen molar-refractivity contribution in [3.63, 3.8) is 0 Å². The van der Waals surface area contributed by atoms with Crippen molar-refractivity contribution in [3.8, 4) is 0 Å². The maximum Gasteiger partial charge on any atom is 0.269 e. The summed E-state index contributed by atoms with van der Waals surface area (Å²) in [4.78, 5) is 12.3. The summed E-state index contributed by atoms with van der Waals surface area (Å²) in [5, 5.41) is 15.3. The van der Waals surface area contributed by atoms with E-state index in [1.807, 2.05) is 6.92 Å². The molecule has 0 saturated carbocycles. The molecule has 0 saturated heterocycles. The average molecular weight is 388 g/mol. The van der Waals surface area contributed by atoms with Gasteiger partial charge in [-0.15, -0.1) is 5.10 Å². The molecule has 1 unspecified atom stereocenters. The SMILES string of the molecule is CCCCC(Cc1c(F)cc(Br)cc1F)C(=O)Nc1nn[nH]n1. The average Bonchev–Trinajstić information content (AvgIpc) is 2.98. The van der Waals surface area contributed by atoms with Gasteiger partial charge in [0.1, 0.15) is 11.6 Å². The lowest BCUT2D eigenvalue weighted by Crippen LogP contribution is -2.26. The van der Waals surface area contributed by atoms with Crippen molar-refractivity contribution in [2.24, 2.45) is 5.92 Å². The molecule has 2 aromatic rings. The summed E-state index contributed by atoms with van der Waals surface area (Å²) in [5.74, 6) is -2.29. The van der Waals surface area contributed by atoms with E-state index in [1.54, 1.807) is 0 Å². The van der Waals surface area contributed by atoms with Crippen molar-refractivity contribution >= 4 is 27.8 Å². The van der Waals surface area contributed by atoms with Crippen molar-refractivity contribution in [1.29, 1.82) is 0 Å². The summed E-state index contributed by atoms with van der Waals surface area (Å²) in [7, 11) is 0. The summed E-state index contributed by atoms with van der Waals surface area (Å²) in [5.41, 5.74) is -0.0995. The van der Waals surface area contributed by atoms with E-state index >= 15 is 0 Å². The summed E-state index contributed by atoms with van der Waals surface area (Å²) in [6, 6.07) is 2.37. The molecule has 0 spiro atoms. The molecule has 1 heterocycles. The van der Waals surface area contributed by atoms with E-state index in [0.717, 1.165) is 12.8 Å². The number of nitrogens with one attached hydrogen (secondary N) is 2. The van der Waals surface area contributed by atoms with Crippen LogP contribution in [0, 0.1) is 17.6 Å². The number of aromatic amines is 1. The Balaban J connectivity index is 2.16. The number of unbranched alkanes of at least 4 members (excludes halogenated alkanes) is 1. The molecule has 0 radical (unpaired) electrons. The normalized spacial score (nSPS) is 12.2. The van der Waals surface area contributed by atoms with Crippen LogP contribution in [0.1, 0.15) is 31.7 Å². The number of aromatic nitrogens is 4. The molecule has 9 heteroatoms. The van der Waals surface area contributed by atoms with Crippen molar-refractivity contribution in [1.82, 2.24) is 20.6 Å². The van der Waals surface area contributed by atoms with Crippen LogP contribution >= 0.6 is 15.9 Å². The molecule has 1 atom stereocenters. The number of H-pyrrole nitrogens is 1. The molecular formula is C14H16BrF2N5O. The van der Waals surface area contributed by atoms with Gasteiger partial charge in [-0.3, -0.25) is 10.1 Å². The van der Waals surface area contributed by atoms with Crippen LogP contribution in [-0.2, 0) is 11.2 Å². The zero-order valence-electron chi connectivity index (χ0n) is 12.4. The molecule has 2 rings (SSSR count). The standard InChI is InChI=1S/C14H16BrF2N5O/c1-2-3-4-8(13(23)18-14-19-21-22-20-14)5-10-11(16)6-9(15)7-12(10)17/h6-8H,2-5H2,1H3,(H2,18,19,20,21,22,23). The molecule has 0 fully saturated rings. The maximum absolute atomic E-state index is 14.0. The molecule has 0 aliphatic carbocycles. The van der Waals surface area contributed by atoms with Gasteiger partial charge in [0.25, 0.3) is 5.95 Å². The molecule has 0 aliphatic heterocycles. The molecule has 1 aromatic carbocycles. The van der Waals surface area contributed by atoms with E-state index in [-0.39, 0.29) is 23.8 Å². The van der Waals surface area contributed by atoms with Gasteiger partial charge in [0.05, 0.1) is 0 Å². The van der Waals surface area contributed by atoms with Gasteiger partial charge in [0.15, 0.2) is 0 Å². The zero-order chi connectivity index (χ0) is 16.8. The predicted molar refractivity (Wildman–Crippen MR) is 83.6 cm³/mol. The maximum atomic E-state index is 14.0. The van der Waals surface area contributed by atoms with Crippen molar-refractivity contribution < 1.29 is 13.6 Å². The highest BCUT2D eigenvalue weighted by molar-refractivity contribution is 9.10. The van der Waals surface area contributed by atoms with Crippen LogP contribution in [0.3, 0.4) is 0 Å². The molecule has 1 aromatic heterocycles. The zero-order valence-corrected chi connectivity index (χ0v) is 14.0. The van der Waals surface area contributed by atoms with Gasteiger partial charge in [0, 0.05) is 16.0 Å². The fourth-order valence-electron chi connectivity index (χ4n) is 2.22. The van der Waals surface area contributed by atoms with Gasteiger partial charge in [0.2, 0.25) is 5.91 Å². The summed E-state index contributed by atoms with van der Waals surface area (Å²) < 4.78 is 28.3. The first kappa shape index (κ1) is 17.5. The monoisotopic (exact) mass is 387 g/mol. The van der Waals surface area contributed by atoms with Crippen LogP contribution in [0.25, 0.3) is 0 Å². The van der Waals surface area contributed by atoms with Crippen molar-refractivity contribution in [3.05, 3.63) is 33.8 Å². The Labute approximate surface area is 140 Å². The van der Waals surface area contributed by atoms with Gasteiger partial charge < -0.3 is 0 Å². The topological polar surface area (TPSA) is 83.6 Å². The summed E-state index contributed by atoms with van der Waals surface area (Å²) >= 11 is 3.04. The molecule has 0 aliphatic rings. The number of benzene rings is 1. The van der Waals surface area contributed by atoms with Gasteiger partial charge in [-0.2, -0.15) is 5.21 Å². The number of carbonyl (C=O) groups is 1.